The Bertz CT molecular complexity index is 203. The molecule has 0 spiro atoms. The molecular weight excluding hydrogens is 314 g/mol. The van der Waals surface area contributed by atoms with Crippen LogP contribution >= 0.6 is 47.8 Å². The molecule has 0 atom stereocenters. The second-order valence-corrected chi connectivity index (χ2v) is 3.66. The second-order valence-electron chi connectivity index (χ2n) is 1.32. The summed E-state index contributed by atoms with van der Waals surface area (Å²) in [6.45, 7) is 0. The summed E-state index contributed by atoms with van der Waals surface area (Å²) in [6, 6.07) is 2.87. The lowest BCUT2D eigenvalue weighted by Gasteiger charge is -1.94. The van der Waals surface area contributed by atoms with Crippen LogP contribution in [0.5, 0.6) is 0 Å². The lowest BCUT2D eigenvalue weighted by atomic mass is 10.5. The first-order valence-corrected chi connectivity index (χ1v) is 4.47. The first-order valence-electron chi connectivity index (χ1n) is 2.09. The highest BCUT2D eigenvalue weighted by atomic mass is 79.9. The second kappa shape index (κ2) is 3.12. The standard InChI is InChI=1S/C5HBr3N/c6-3-1-2-9-5(8)4(3)7/h2H. The van der Waals surface area contributed by atoms with Crippen LogP contribution in [0, 0.1) is 6.07 Å². The van der Waals surface area contributed by atoms with Gasteiger partial charge in [-0.3, -0.25) is 0 Å². The van der Waals surface area contributed by atoms with Gasteiger partial charge in [-0.1, -0.05) is 0 Å². The third-order valence-corrected chi connectivity index (χ3v) is 3.81. The Hall–Kier alpha value is 0.590. The Labute approximate surface area is 78.3 Å². The predicted octanol–water partition coefficient (Wildman–Crippen LogP) is 3.17. The number of hydrogen-bond donors (Lipinski definition) is 0. The highest BCUT2D eigenvalue weighted by Crippen LogP contribution is 2.27. The number of halogens is 3. The van der Waals surface area contributed by atoms with Crippen molar-refractivity contribution >= 4 is 47.8 Å². The van der Waals surface area contributed by atoms with Crippen molar-refractivity contribution < 1.29 is 0 Å². The molecule has 47 valence electrons. The van der Waals surface area contributed by atoms with E-state index in [1.54, 1.807) is 6.20 Å². The van der Waals surface area contributed by atoms with Gasteiger partial charge >= 0.3 is 0 Å². The molecule has 0 bridgehead atoms. The van der Waals surface area contributed by atoms with Crippen LogP contribution in [0.1, 0.15) is 0 Å². The van der Waals surface area contributed by atoms with Gasteiger partial charge in [0, 0.05) is 16.7 Å². The molecule has 0 aromatic carbocycles. The summed E-state index contributed by atoms with van der Waals surface area (Å²) in [5, 5.41) is 0. The summed E-state index contributed by atoms with van der Waals surface area (Å²) in [6.07, 6.45) is 1.60. The van der Waals surface area contributed by atoms with Crippen LogP contribution in [0.3, 0.4) is 0 Å². The molecule has 0 fully saturated rings. The van der Waals surface area contributed by atoms with Gasteiger partial charge in [0.05, 0.1) is 4.47 Å². The molecule has 4 heteroatoms. The molecule has 0 aliphatic carbocycles. The minimum absolute atomic E-state index is 0.785. The maximum absolute atomic E-state index is 3.92. The van der Waals surface area contributed by atoms with Crippen LogP contribution in [0.15, 0.2) is 19.7 Å². The Morgan fingerprint density at radius 3 is 2.44 bits per heavy atom. The lowest BCUT2D eigenvalue weighted by Crippen LogP contribution is -1.76. The van der Waals surface area contributed by atoms with Gasteiger partial charge in [0.15, 0.2) is 0 Å². The SMILES string of the molecule is Brc1[c]cnc(Br)c1Br. The zero-order chi connectivity index (χ0) is 6.85. The van der Waals surface area contributed by atoms with E-state index in [2.05, 4.69) is 58.8 Å². The van der Waals surface area contributed by atoms with E-state index < -0.39 is 0 Å². The van der Waals surface area contributed by atoms with Gasteiger partial charge in [-0.05, 0) is 47.8 Å². The van der Waals surface area contributed by atoms with E-state index in [0.29, 0.717) is 0 Å². The summed E-state index contributed by atoms with van der Waals surface area (Å²) in [7, 11) is 0. The highest BCUT2D eigenvalue weighted by Gasteiger charge is 1.99. The van der Waals surface area contributed by atoms with Crippen molar-refractivity contribution in [1.29, 1.82) is 0 Å². The Balaban J connectivity index is 3.25. The van der Waals surface area contributed by atoms with Crippen molar-refractivity contribution in [3.63, 3.8) is 0 Å². The van der Waals surface area contributed by atoms with Crippen LogP contribution in [0.4, 0.5) is 0 Å². The van der Waals surface area contributed by atoms with Gasteiger partial charge in [-0.15, -0.1) is 0 Å². The smallest absolute Gasteiger partial charge is 0.121 e. The molecule has 0 unspecified atom stereocenters. The third kappa shape index (κ3) is 1.75. The van der Waals surface area contributed by atoms with E-state index in [-0.39, 0.29) is 0 Å². The first kappa shape index (κ1) is 7.69. The molecule has 0 saturated heterocycles. The van der Waals surface area contributed by atoms with Gasteiger partial charge in [0.2, 0.25) is 0 Å². The maximum atomic E-state index is 3.92. The summed E-state index contributed by atoms with van der Waals surface area (Å²) < 4.78 is 2.56. The minimum atomic E-state index is 0.785. The van der Waals surface area contributed by atoms with Crippen LogP contribution in [0.2, 0.25) is 0 Å². The Morgan fingerprint density at radius 1 is 1.33 bits per heavy atom. The average molecular weight is 315 g/mol. The lowest BCUT2D eigenvalue weighted by molar-refractivity contribution is 1.24. The van der Waals surface area contributed by atoms with Crippen LogP contribution in [-0.4, -0.2) is 4.98 Å². The number of nitrogens with zero attached hydrogens (tertiary/aromatic N) is 1. The van der Waals surface area contributed by atoms with Gasteiger partial charge < -0.3 is 0 Å². The van der Waals surface area contributed by atoms with Gasteiger partial charge in [0.25, 0.3) is 0 Å². The molecule has 0 aliphatic heterocycles. The molecule has 1 aromatic rings. The fourth-order valence-corrected chi connectivity index (χ4v) is 1.43. The summed E-state index contributed by atoms with van der Waals surface area (Å²) >= 11 is 9.80. The van der Waals surface area contributed by atoms with Crippen molar-refractivity contribution in [2.24, 2.45) is 0 Å². The summed E-state index contributed by atoms with van der Waals surface area (Å²) in [4.78, 5) is 3.92. The topological polar surface area (TPSA) is 12.9 Å². The maximum Gasteiger partial charge on any atom is 0.121 e. The van der Waals surface area contributed by atoms with Crippen LogP contribution in [-0.2, 0) is 0 Å². The van der Waals surface area contributed by atoms with E-state index in [9.17, 15) is 0 Å². The molecule has 9 heavy (non-hydrogen) atoms. The quantitative estimate of drug-likeness (QED) is 0.670. The van der Waals surface area contributed by atoms with E-state index >= 15 is 0 Å². The molecule has 0 aliphatic rings. The summed E-state index contributed by atoms with van der Waals surface area (Å²) in [5.41, 5.74) is 0. The molecule has 0 N–H and O–H groups in total. The van der Waals surface area contributed by atoms with E-state index in [0.717, 1.165) is 13.5 Å². The van der Waals surface area contributed by atoms with Crippen molar-refractivity contribution in [2.75, 3.05) is 0 Å². The van der Waals surface area contributed by atoms with E-state index in [1.807, 2.05) is 0 Å². The van der Waals surface area contributed by atoms with E-state index in [4.69, 9.17) is 0 Å². The number of hydrogen-bond acceptors (Lipinski definition) is 1. The van der Waals surface area contributed by atoms with Crippen molar-refractivity contribution in [3.05, 3.63) is 25.8 Å². The van der Waals surface area contributed by atoms with Gasteiger partial charge in [-0.2, -0.15) is 0 Å². The minimum Gasteiger partial charge on any atom is -0.247 e. The largest absolute Gasteiger partial charge is 0.247 e. The fraction of sp³-hybridized carbons (Fsp3) is 0. The zero-order valence-corrected chi connectivity index (χ0v) is 8.92. The van der Waals surface area contributed by atoms with Crippen molar-refractivity contribution in [3.8, 4) is 0 Å². The number of aromatic nitrogens is 1. The number of rotatable bonds is 0. The Morgan fingerprint density at radius 2 is 2.00 bits per heavy atom. The molecule has 1 heterocycles. The zero-order valence-electron chi connectivity index (χ0n) is 4.16. The molecule has 1 radical (unpaired) electrons. The van der Waals surface area contributed by atoms with Crippen LogP contribution < -0.4 is 0 Å². The average Bonchev–Trinajstić information content (AvgIpc) is 1.83. The Kier molecular flexibility index (Phi) is 2.67. The monoisotopic (exact) mass is 312 g/mol. The first-order chi connectivity index (χ1) is 4.22. The van der Waals surface area contributed by atoms with Crippen molar-refractivity contribution in [1.82, 2.24) is 4.98 Å². The highest BCUT2D eigenvalue weighted by molar-refractivity contribution is 9.14. The molecule has 1 rings (SSSR count). The summed E-state index contributed by atoms with van der Waals surface area (Å²) in [5.74, 6) is 0. The molecule has 0 saturated carbocycles. The molecule has 1 nitrogen and oxygen atoms in total. The molecule has 1 aromatic heterocycles. The normalized spacial score (nSPS) is 9.67. The van der Waals surface area contributed by atoms with E-state index in [1.165, 1.54) is 0 Å². The van der Waals surface area contributed by atoms with Gasteiger partial charge in [0.1, 0.15) is 4.60 Å². The van der Waals surface area contributed by atoms with Gasteiger partial charge in [-0.25, -0.2) is 4.98 Å². The third-order valence-electron chi connectivity index (χ3n) is 0.743. The number of pyridine rings is 1. The predicted molar refractivity (Wildman–Crippen MR) is 46.2 cm³/mol. The van der Waals surface area contributed by atoms with Crippen LogP contribution in [0.25, 0.3) is 0 Å². The molecular formula is C5HBr3N. The fourth-order valence-electron chi connectivity index (χ4n) is 0.356. The van der Waals surface area contributed by atoms with Crippen molar-refractivity contribution in [2.45, 2.75) is 0 Å². The molecule has 0 amide bonds.